The van der Waals surface area contributed by atoms with E-state index in [9.17, 15) is 4.79 Å². The molecule has 0 bridgehead atoms. The molecule has 1 saturated heterocycles. The van der Waals surface area contributed by atoms with E-state index in [1.807, 2.05) is 12.1 Å². The summed E-state index contributed by atoms with van der Waals surface area (Å²) in [6.45, 7) is 7.87. The van der Waals surface area contributed by atoms with E-state index in [4.69, 9.17) is 0 Å². The molecule has 4 nitrogen and oxygen atoms in total. The number of carbonyl (C=O) groups excluding carboxylic acids is 1. The Hall–Kier alpha value is -2.17. The van der Waals surface area contributed by atoms with Crippen molar-refractivity contribution in [2.75, 3.05) is 45.1 Å². The second-order valence-corrected chi connectivity index (χ2v) is 7.74. The molecule has 0 unspecified atom stereocenters. The predicted molar refractivity (Wildman–Crippen MR) is 118 cm³/mol. The van der Waals surface area contributed by atoms with Gasteiger partial charge in [-0.2, -0.15) is 0 Å². The highest BCUT2D eigenvalue weighted by molar-refractivity contribution is 5.91. The molecule has 0 atom stereocenters. The molecular formula is C24H33N3O. The summed E-state index contributed by atoms with van der Waals surface area (Å²) in [5, 5.41) is 3.07. The van der Waals surface area contributed by atoms with Crippen LogP contribution in [0.4, 0.5) is 5.69 Å². The zero-order chi connectivity index (χ0) is 19.8. The first-order valence-corrected chi connectivity index (χ1v) is 10.5. The van der Waals surface area contributed by atoms with Crippen molar-refractivity contribution in [1.82, 2.24) is 9.80 Å². The maximum absolute atomic E-state index is 12.3. The average molecular weight is 380 g/mol. The Bertz CT molecular complexity index is 766. The number of hydrogen-bond acceptors (Lipinski definition) is 3. The van der Waals surface area contributed by atoms with E-state index < -0.39 is 0 Å². The van der Waals surface area contributed by atoms with Gasteiger partial charge in [-0.05, 0) is 61.7 Å². The third-order valence-corrected chi connectivity index (χ3v) is 5.58. The molecule has 4 heteroatoms. The fraction of sp³-hybridized carbons (Fsp3) is 0.458. The van der Waals surface area contributed by atoms with Crippen LogP contribution in [0.25, 0.3) is 11.1 Å². The maximum Gasteiger partial charge on any atom is 0.224 e. The summed E-state index contributed by atoms with van der Waals surface area (Å²) >= 11 is 0. The molecule has 1 aliphatic heterocycles. The summed E-state index contributed by atoms with van der Waals surface area (Å²) in [4.78, 5) is 17.2. The monoisotopic (exact) mass is 379 g/mol. The molecule has 28 heavy (non-hydrogen) atoms. The lowest BCUT2D eigenvalue weighted by Gasteiger charge is -2.32. The van der Waals surface area contributed by atoms with Crippen molar-refractivity contribution >= 4 is 11.6 Å². The number of likely N-dealkylation sites (N-methyl/N-ethyl adjacent to an activating group) is 1. The summed E-state index contributed by atoms with van der Waals surface area (Å²) < 4.78 is 0. The van der Waals surface area contributed by atoms with Crippen LogP contribution in [-0.4, -0.2) is 55.5 Å². The topological polar surface area (TPSA) is 35.6 Å². The van der Waals surface area contributed by atoms with Crippen molar-refractivity contribution in [2.24, 2.45) is 0 Å². The van der Waals surface area contributed by atoms with Crippen LogP contribution >= 0.6 is 0 Å². The van der Waals surface area contributed by atoms with Gasteiger partial charge < -0.3 is 15.1 Å². The van der Waals surface area contributed by atoms with Crippen molar-refractivity contribution in [3.8, 4) is 11.1 Å². The fourth-order valence-electron chi connectivity index (χ4n) is 3.79. The number of anilines is 1. The summed E-state index contributed by atoms with van der Waals surface area (Å²) in [6, 6.07) is 16.6. The molecule has 3 rings (SSSR count). The van der Waals surface area contributed by atoms with Crippen LogP contribution < -0.4 is 5.32 Å². The molecule has 0 spiro atoms. The van der Waals surface area contributed by atoms with E-state index in [1.165, 1.54) is 11.1 Å². The molecule has 0 aromatic heterocycles. The Kier molecular flexibility index (Phi) is 7.63. The number of nitrogens with zero attached hydrogens (tertiary/aromatic N) is 2. The van der Waals surface area contributed by atoms with E-state index in [0.29, 0.717) is 6.42 Å². The number of amides is 1. The Morgan fingerprint density at radius 3 is 2.57 bits per heavy atom. The number of carbonyl (C=O) groups is 1. The van der Waals surface area contributed by atoms with Gasteiger partial charge in [-0.25, -0.2) is 0 Å². The number of aryl methyl sites for hydroxylation is 1. The molecule has 150 valence electrons. The van der Waals surface area contributed by atoms with Gasteiger partial charge in [0.15, 0.2) is 0 Å². The Balaban J connectivity index is 1.47. The van der Waals surface area contributed by atoms with Gasteiger partial charge >= 0.3 is 0 Å². The predicted octanol–water partition coefficient (Wildman–Crippen LogP) is 4.27. The van der Waals surface area contributed by atoms with E-state index in [1.54, 1.807) is 0 Å². The lowest BCUT2D eigenvalue weighted by molar-refractivity contribution is -0.116. The number of nitrogens with one attached hydrogen (secondary N) is 1. The largest absolute Gasteiger partial charge is 0.326 e. The average Bonchev–Trinajstić information content (AvgIpc) is 2.72. The van der Waals surface area contributed by atoms with Crippen molar-refractivity contribution in [2.45, 2.75) is 32.6 Å². The maximum atomic E-state index is 12.3. The molecular weight excluding hydrogens is 346 g/mol. The molecule has 1 heterocycles. The van der Waals surface area contributed by atoms with Crippen LogP contribution in [0.5, 0.6) is 0 Å². The molecule has 0 aliphatic carbocycles. The van der Waals surface area contributed by atoms with E-state index in [2.05, 4.69) is 65.5 Å². The summed E-state index contributed by atoms with van der Waals surface area (Å²) in [7, 11) is 2.18. The fourth-order valence-corrected chi connectivity index (χ4v) is 3.79. The minimum Gasteiger partial charge on any atom is -0.326 e. The lowest BCUT2D eigenvalue weighted by Crippen LogP contribution is -2.44. The number of piperazine rings is 1. The first kappa shape index (κ1) is 20.6. The normalized spacial score (nSPS) is 15.5. The third kappa shape index (κ3) is 5.91. The second-order valence-electron chi connectivity index (χ2n) is 7.74. The van der Waals surface area contributed by atoms with Crippen LogP contribution in [0.3, 0.4) is 0 Å². The van der Waals surface area contributed by atoms with E-state index in [-0.39, 0.29) is 5.91 Å². The Morgan fingerprint density at radius 2 is 1.79 bits per heavy atom. The van der Waals surface area contributed by atoms with Crippen LogP contribution in [0.1, 0.15) is 31.7 Å². The zero-order valence-electron chi connectivity index (χ0n) is 17.3. The van der Waals surface area contributed by atoms with Gasteiger partial charge in [-0.1, -0.05) is 43.3 Å². The lowest BCUT2D eigenvalue weighted by atomic mass is 9.98. The van der Waals surface area contributed by atoms with E-state index >= 15 is 0 Å². The van der Waals surface area contributed by atoms with E-state index in [0.717, 1.165) is 63.2 Å². The smallest absolute Gasteiger partial charge is 0.224 e. The third-order valence-electron chi connectivity index (χ3n) is 5.58. The van der Waals surface area contributed by atoms with Crippen molar-refractivity contribution in [1.29, 1.82) is 0 Å². The van der Waals surface area contributed by atoms with Gasteiger partial charge in [0.05, 0.1) is 0 Å². The molecule has 0 radical (unpaired) electrons. The van der Waals surface area contributed by atoms with Gasteiger partial charge in [0, 0.05) is 38.3 Å². The number of benzene rings is 2. The van der Waals surface area contributed by atoms with Gasteiger partial charge in [-0.3, -0.25) is 4.79 Å². The highest BCUT2D eigenvalue weighted by Crippen LogP contribution is 2.26. The van der Waals surface area contributed by atoms with Crippen molar-refractivity contribution in [3.63, 3.8) is 0 Å². The number of rotatable bonds is 8. The summed E-state index contributed by atoms with van der Waals surface area (Å²) in [6.07, 6.45) is 3.61. The van der Waals surface area contributed by atoms with Crippen molar-refractivity contribution in [3.05, 3.63) is 54.1 Å². The van der Waals surface area contributed by atoms with Crippen LogP contribution in [0, 0.1) is 0 Å². The Labute approximate surface area is 169 Å². The van der Waals surface area contributed by atoms with Gasteiger partial charge in [0.2, 0.25) is 5.91 Å². The molecule has 1 aliphatic rings. The molecule has 0 saturated carbocycles. The minimum atomic E-state index is 0.110. The summed E-state index contributed by atoms with van der Waals surface area (Å²) in [5.41, 5.74) is 4.61. The highest BCUT2D eigenvalue weighted by Gasteiger charge is 2.13. The molecule has 1 N–H and O–H groups in total. The quantitative estimate of drug-likeness (QED) is 0.696. The second kappa shape index (κ2) is 10.4. The highest BCUT2D eigenvalue weighted by atomic mass is 16.1. The van der Waals surface area contributed by atoms with Crippen LogP contribution in [0.2, 0.25) is 0 Å². The summed E-state index contributed by atoms with van der Waals surface area (Å²) in [5.74, 6) is 0.110. The minimum absolute atomic E-state index is 0.110. The van der Waals surface area contributed by atoms with Crippen LogP contribution in [0.15, 0.2) is 48.5 Å². The van der Waals surface area contributed by atoms with Crippen molar-refractivity contribution < 1.29 is 4.79 Å². The molecule has 2 aromatic carbocycles. The Morgan fingerprint density at radius 1 is 1.00 bits per heavy atom. The zero-order valence-corrected chi connectivity index (χ0v) is 17.3. The van der Waals surface area contributed by atoms with Gasteiger partial charge in [0.25, 0.3) is 0 Å². The standard InChI is InChI=1S/C24H33N3O/c1-3-20-9-4-5-12-23(20)21-10-8-11-22(19-21)25-24(28)13-6-7-14-27-17-15-26(2)16-18-27/h4-5,8-12,19H,3,6-7,13-18H2,1-2H3,(H,25,28). The van der Waals surface area contributed by atoms with Gasteiger partial charge in [0.1, 0.15) is 0 Å². The first-order chi connectivity index (χ1) is 13.7. The number of hydrogen-bond donors (Lipinski definition) is 1. The first-order valence-electron chi connectivity index (χ1n) is 10.5. The van der Waals surface area contributed by atoms with Gasteiger partial charge in [-0.15, -0.1) is 0 Å². The number of unbranched alkanes of at least 4 members (excludes halogenated alkanes) is 1. The SMILES string of the molecule is CCc1ccccc1-c1cccc(NC(=O)CCCCN2CCN(C)CC2)c1. The molecule has 1 fully saturated rings. The molecule has 1 amide bonds. The molecule has 2 aromatic rings. The van der Waals surface area contributed by atoms with Crippen LogP contribution in [-0.2, 0) is 11.2 Å².